The molecule has 0 bridgehead atoms. The lowest BCUT2D eigenvalue weighted by Crippen LogP contribution is -2.41. The van der Waals surface area contributed by atoms with E-state index in [1.54, 1.807) is 12.1 Å². The van der Waals surface area contributed by atoms with Crippen LogP contribution in [-0.4, -0.2) is 30.7 Å². The van der Waals surface area contributed by atoms with Crippen molar-refractivity contribution < 1.29 is 18.8 Å². The minimum atomic E-state index is -0.534. The molecule has 1 heterocycles. The molecule has 0 atom stereocenters. The smallest absolute Gasteiger partial charge is 0.484 e. The van der Waals surface area contributed by atoms with Gasteiger partial charge in [0.2, 0.25) is 0 Å². The third kappa shape index (κ3) is 4.42. The SMILES string of the molecule is CC(C)CC(=O)COc1ccc(B2OC(C)(C)C(C)(C)O2)cc1C#N. The summed E-state index contributed by atoms with van der Waals surface area (Å²) in [6, 6.07) is 7.32. The van der Waals surface area contributed by atoms with Gasteiger partial charge in [-0.25, -0.2) is 0 Å². The van der Waals surface area contributed by atoms with Crippen molar-refractivity contribution in [3.8, 4) is 11.8 Å². The third-order valence-electron chi connectivity index (χ3n) is 4.67. The minimum Gasteiger partial charge on any atom is -0.484 e. The zero-order chi connectivity index (χ0) is 18.8. The second kappa shape index (κ2) is 7.19. The molecule has 1 aromatic carbocycles. The largest absolute Gasteiger partial charge is 0.494 e. The highest BCUT2D eigenvalue weighted by molar-refractivity contribution is 6.62. The highest BCUT2D eigenvalue weighted by Gasteiger charge is 2.51. The van der Waals surface area contributed by atoms with Crippen LogP contribution in [0.4, 0.5) is 0 Å². The Hall–Kier alpha value is -1.84. The summed E-state index contributed by atoms with van der Waals surface area (Å²) in [5.41, 5.74) is 0.242. The summed E-state index contributed by atoms with van der Waals surface area (Å²) in [6.45, 7) is 11.9. The van der Waals surface area contributed by atoms with Crippen molar-refractivity contribution in [2.45, 2.75) is 59.2 Å². The van der Waals surface area contributed by atoms with Gasteiger partial charge >= 0.3 is 7.12 Å². The Balaban J connectivity index is 2.13. The van der Waals surface area contributed by atoms with Crippen LogP contribution in [0.1, 0.15) is 53.5 Å². The normalized spacial score (nSPS) is 18.2. The number of carbonyl (C=O) groups is 1. The summed E-state index contributed by atoms with van der Waals surface area (Å²) in [5.74, 6) is 0.714. The zero-order valence-corrected chi connectivity index (χ0v) is 15.9. The van der Waals surface area contributed by atoms with E-state index in [0.717, 1.165) is 5.46 Å². The van der Waals surface area contributed by atoms with Crippen LogP contribution in [0.5, 0.6) is 5.75 Å². The summed E-state index contributed by atoms with van der Waals surface area (Å²) in [5, 5.41) is 9.41. The predicted molar refractivity (Wildman–Crippen MR) is 96.8 cm³/mol. The van der Waals surface area contributed by atoms with E-state index in [0.29, 0.717) is 17.7 Å². The fourth-order valence-electron chi connectivity index (χ4n) is 2.56. The maximum atomic E-state index is 11.8. The van der Waals surface area contributed by atoms with Gasteiger partial charge in [0, 0.05) is 6.42 Å². The standard InChI is InChI=1S/C19H26BNO4/c1-13(2)9-16(22)12-23-17-8-7-15(10-14(17)11-21)20-24-18(3,4)19(5,6)25-20/h7-8,10,13H,9,12H2,1-6H3. The first kappa shape index (κ1) is 19.5. The monoisotopic (exact) mass is 343 g/mol. The summed E-state index contributed by atoms with van der Waals surface area (Å²) < 4.78 is 17.5. The third-order valence-corrected chi connectivity index (χ3v) is 4.67. The van der Waals surface area contributed by atoms with Crippen LogP contribution in [0.3, 0.4) is 0 Å². The Morgan fingerprint density at radius 2 is 1.84 bits per heavy atom. The van der Waals surface area contributed by atoms with Crippen LogP contribution < -0.4 is 10.2 Å². The van der Waals surface area contributed by atoms with Crippen molar-refractivity contribution in [1.82, 2.24) is 0 Å². The Morgan fingerprint density at radius 3 is 2.36 bits per heavy atom. The first-order chi connectivity index (χ1) is 11.6. The van der Waals surface area contributed by atoms with Crippen molar-refractivity contribution >= 4 is 18.4 Å². The number of benzene rings is 1. The maximum Gasteiger partial charge on any atom is 0.494 e. The highest BCUT2D eigenvalue weighted by Crippen LogP contribution is 2.36. The van der Waals surface area contributed by atoms with Crippen molar-refractivity contribution in [1.29, 1.82) is 5.26 Å². The number of nitrogens with zero attached hydrogens (tertiary/aromatic N) is 1. The van der Waals surface area contributed by atoms with Crippen LogP contribution >= 0.6 is 0 Å². The van der Waals surface area contributed by atoms with Gasteiger partial charge in [0.15, 0.2) is 5.78 Å². The van der Waals surface area contributed by atoms with Gasteiger partial charge in [-0.05, 0) is 51.2 Å². The van der Waals surface area contributed by atoms with Crippen molar-refractivity contribution in [3.63, 3.8) is 0 Å². The number of Topliss-reactive ketones (excluding diaryl/α,β-unsaturated/α-hetero) is 1. The molecule has 1 fully saturated rings. The Morgan fingerprint density at radius 1 is 1.24 bits per heavy atom. The van der Waals surface area contributed by atoms with Crippen molar-refractivity contribution in [2.75, 3.05) is 6.61 Å². The molecule has 1 aliphatic rings. The maximum absolute atomic E-state index is 11.8. The summed E-state index contributed by atoms with van der Waals surface area (Å²) in [6.07, 6.45) is 0.466. The van der Waals surface area contributed by atoms with Crippen molar-refractivity contribution in [2.24, 2.45) is 5.92 Å². The fourth-order valence-corrected chi connectivity index (χ4v) is 2.56. The average molecular weight is 343 g/mol. The fraction of sp³-hybridized carbons (Fsp3) is 0.579. The average Bonchev–Trinajstić information content (AvgIpc) is 2.72. The molecule has 1 aromatic rings. The molecule has 1 aliphatic heterocycles. The molecule has 2 rings (SSSR count). The van der Waals surface area contributed by atoms with Gasteiger partial charge in [0.05, 0.1) is 16.8 Å². The van der Waals surface area contributed by atoms with E-state index in [2.05, 4.69) is 6.07 Å². The molecule has 5 nitrogen and oxygen atoms in total. The van der Waals surface area contributed by atoms with Crippen LogP contribution in [-0.2, 0) is 14.1 Å². The number of rotatable bonds is 6. The minimum absolute atomic E-state index is 0.0222. The zero-order valence-electron chi connectivity index (χ0n) is 15.9. The number of hydrogen-bond donors (Lipinski definition) is 0. The summed E-state index contributed by atoms with van der Waals surface area (Å²) in [7, 11) is -0.534. The molecule has 0 unspecified atom stereocenters. The van der Waals surface area contributed by atoms with Gasteiger partial charge in [-0.1, -0.05) is 19.9 Å². The van der Waals surface area contributed by atoms with E-state index >= 15 is 0 Å². The lowest BCUT2D eigenvalue weighted by atomic mass is 9.78. The number of ether oxygens (including phenoxy) is 1. The lowest BCUT2D eigenvalue weighted by Gasteiger charge is -2.32. The molecular formula is C19H26BNO4. The number of carbonyl (C=O) groups excluding carboxylic acids is 1. The second-order valence-corrected chi connectivity index (χ2v) is 7.88. The number of ketones is 1. The van der Waals surface area contributed by atoms with Gasteiger partial charge < -0.3 is 14.0 Å². The molecule has 0 radical (unpaired) electrons. The van der Waals surface area contributed by atoms with Crippen molar-refractivity contribution in [3.05, 3.63) is 23.8 Å². The first-order valence-electron chi connectivity index (χ1n) is 8.60. The molecule has 0 spiro atoms. The predicted octanol–water partition coefficient (Wildman–Crippen LogP) is 2.85. The molecule has 0 saturated carbocycles. The van der Waals surface area contributed by atoms with E-state index in [-0.39, 0.29) is 18.3 Å². The molecule has 0 aliphatic carbocycles. The number of hydrogen-bond acceptors (Lipinski definition) is 5. The molecule has 1 saturated heterocycles. The van der Waals surface area contributed by atoms with Gasteiger partial charge in [0.25, 0.3) is 0 Å². The van der Waals surface area contributed by atoms with E-state index in [4.69, 9.17) is 14.0 Å². The van der Waals surface area contributed by atoms with Crippen LogP contribution in [0.2, 0.25) is 0 Å². The van der Waals surface area contributed by atoms with Gasteiger partial charge in [-0.3, -0.25) is 4.79 Å². The van der Waals surface area contributed by atoms with E-state index in [1.807, 2.05) is 47.6 Å². The van der Waals surface area contributed by atoms with Gasteiger partial charge in [0.1, 0.15) is 18.4 Å². The second-order valence-electron chi connectivity index (χ2n) is 7.88. The number of nitriles is 1. The van der Waals surface area contributed by atoms with E-state index in [9.17, 15) is 10.1 Å². The highest BCUT2D eigenvalue weighted by atomic mass is 16.7. The molecule has 134 valence electrons. The molecule has 6 heteroatoms. The first-order valence-corrected chi connectivity index (χ1v) is 8.60. The Bertz CT molecular complexity index is 675. The Labute approximate surface area is 150 Å². The molecule has 0 aromatic heterocycles. The summed E-state index contributed by atoms with van der Waals surface area (Å²) in [4.78, 5) is 11.8. The lowest BCUT2D eigenvalue weighted by molar-refractivity contribution is -0.121. The summed E-state index contributed by atoms with van der Waals surface area (Å²) >= 11 is 0. The quantitative estimate of drug-likeness (QED) is 0.743. The molecule has 25 heavy (non-hydrogen) atoms. The van der Waals surface area contributed by atoms with E-state index in [1.165, 1.54) is 0 Å². The van der Waals surface area contributed by atoms with E-state index < -0.39 is 18.3 Å². The van der Waals surface area contributed by atoms with Crippen LogP contribution in [0, 0.1) is 17.2 Å². The van der Waals surface area contributed by atoms with Gasteiger partial charge in [-0.15, -0.1) is 0 Å². The van der Waals surface area contributed by atoms with Gasteiger partial charge in [-0.2, -0.15) is 5.26 Å². The topological polar surface area (TPSA) is 68.6 Å². The van der Waals surface area contributed by atoms with Crippen LogP contribution in [0.25, 0.3) is 0 Å². The van der Waals surface area contributed by atoms with Crippen LogP contribution in [0.15, 0.2) is 18.2 Å². The Kier molecular flexibility index (Phi) is 5.60. The molecule has 0 N–H and O–H groups in total. The molecule has 0 amide bonds. The molecular weight excluding hydrogens is 317 g/mol.